The summed E-state index contributed by atoms with van der Waals surface area (Å²) in [7, 11) is 0. The molecule has 1 heterocycles. The molecule has 5 nitrogen and oxygen atoms in total. The lowest BCUT2D eigenvalue weighted by atomic mass is 10.2. The molecule has 2 rings (SSSR count). The minimum Gasteiger partial charge on any atom is -0.331 e. The van der Waals surface area contributed by atoms with Crippen LogP contribution in [0.1, 0.15) is 19.8 Å². The molecule has 0 spiro atoms. The first-order chi connectivity index (χ1) is 9.69. The molecule has 20 heavy (non-hydrogen) atoms. The number of hydrogen-bond donors (Lipinski definition) is 1. The molecule has 2 amide bonds. The summed E-state index contributed by atoms with van der Waals surface area (Å²) >= 11 is 0. The van der Waals surface area contributed by atoms with Crippen molar-refractivity contribution in [3.05, 3.63) is 30.3 Å². The largest absolute Gasteiger partial charge is 0.331 e. The Hall–Kier alpha value is -1.88. The van der Waals surface area contributed by atoms with E-state index in [-0.39, 0.29) is 17.9 Å². The summed E-state index contributed by atoms with van der Waals surface area (Å²) < 4.78 is 0. The average molecular weight is 275 g/mol. The third-order valence-corrected chi connectivity index (χ3v) is 3.64. The first kappa shape index (κ1) is 14.5. The van der Waals surface area contributed by atoms with E-state index in [4.69, 9.17) is 5.73 Å². The molecule has 1 fully saturated rings. The summed E-state index contributed by atoms with van der Waals surface area (Å²) in [5, 5.41) is 0. The number of hydrogen-bond acceptors (Lipinski definition) is 3. The van der Waals surface area contributed by atoms with Gasteiger partial charge in [-0.3, -0.25) is 9.59 Å². The van der Waals surface area contributed by atoms with Gasteiger partial charge in [0.2, 0.25) is 11.8 Å². The maximum atomic E-state index is 12.5. The highest BCUT2D eigenvalue weighted by Crippen LogP contribution is 2.24. The fraction of sp³-hybridized carbons (Fsp3) is 0.467. The fourth-order valence-corrected chi connectivity index (χ4v) is 2.66. The van der Waals surface area contributed by atoms with Crippen LogP contribution >= 0.6 is 0 Å². The van der Waals surface area contributed by atoms with Gasteiger partial charge in [0.1, 0.15) is 6.04 Å². The van der Waals surface area contributed by atoms with E-state index >= 15 is 0 Å². The Morgan fingerprint density at radius 2 is 2.10 bits per heavy atom. The number of rotatable bonds is 5. The van der Waals surface area contributed by atoms with Crippen LogP contribution in [-0.2, 0) is 9.59 Å². The third-order valence-electron chi connectivity index (χ3n) is 3.64. The second-order valence-corrected chi connectivity index (χ2v) is 4.85. The molecule has 2 N–H and O–H groups in total. The van der Waals surface area contributed by atoms with E-state index in [1.807, 2.05) is 37.3 Å². The third kappa shape index (κ3) is 2.82. The van der Waals surface area contributed by atoms with Gasteiger partial charge >= 0.3 is 0 Å². The number of amides is 2. The molecule has 5 heteroatoms. The van der Waals surface area contributed by atoms with Crippen LogP contribution in [0, 0.1) is 0 Å². The Labute approximate surface area is 119 Å². The van der Waals surface area contributed by atoms with E-state index in [1.54, 1.807) is 9.80 Å². The van der Waals surface area contributed by atoms with Crippen molar-refractivity contribution in [2.45, 2.75) is 25.8 Å². The number of likely N-dealkylation sites (N-methyl/N-ethyl adjacent to an activating group) is 1. The van der Waals surface area contributed by atoms with Crippen molar-refractivity contribution >= 4 is 17.5 Å². The van der Waals surface area contributed by atoms with Crippen LogP contribution in [0.25, 0.3) is 0 Å². The lowest BCUT2D eigenvalue weighted by molar-refractivity contribution is -0.137. The van der Waals surface area contributed by atoms with Crippen molar-refractivity contribution in [1.29, 1.82) is 0 Å². The van der Waals surface area contributed by atoms with Crippen LogP contribution in [-0.4, -0.2) is 42.4 Å². The number of para-hydroxylation sites is 1. The van der Waals surface area contributed by atoms with Crippen molar-refractivity contribution < 1.29 is 9.59 Å². The van der Waals surface area contributed by atoms with Crippen molar-refractivity contribution in [3.63, 3.8) is 0 Å². The van der Waals surface area contributed by atoms with Gasteiger partial charge in [0, 0.05) is 31.7 Å². The Kier molecular flexibility index (Phi) is 4.74. The van der Waals surface area contributed by atoms with Crippen molar-refractivity contribution in [1.82, 2.24) is 4.90 Å². The maximum absolute atomic E-state index is 12.5. The van der Waals surface area contributed by atoms with Gasteiger partial charge in [0.05, 0.1) is 0 Å². The Morgan fingerprint density at radius 3 is 2.70 bits per heavy atom. The van der Waals surface area contributed by atoms with Gasteiger partial charge < -0.3 is 15.5 Å². The molecule has 1 aromatic rings. The Balaban J connectivity index is 2.12. The Morgan fingerprint density at radius 1 is 1.40 bits per heavy atom. The molecular weight excluding hydrogens is 254 g/mol. The molecule has 1 aromatic carbocycles. The van der Waals surface area contributed by atoms with Gasteiger partial charge in [-0.2, -0.15) is 0 Å². The van der Waals surface area contributed by atoms with Crippen LogP contribution < -0.4 is 10.6 Å². The summed E-state index contributed by atoms with van der Waals surface area (Å²) in [6.45, 7) is 3.41. The van der Waals surface area contributed by atoms with E-state index < -0.39 is 0 Å². The van der Waals surface area contributed by atoms with Gasteiger partial charge in [0.15, 0.2) is 0 Å². The van der Waals surface area contributed by atoms with E-state index in [2.05, 4.69) is 0 Å². The van der Waals surface area contributed by atoms with Crippen molar-refractivity contribution in [3.8, 4) is 0 Å². The van der Waals surface area contributed by atoms with Crippen LogP contribution in [0.2, 0.25) is 0 Å². The van der Waals surface area contributed by atoms with Gasteiger partial charge in [-0.25, -0.2) is 0 Å². The number of carbonyl (C=O) groups excluding carboxylic acids is 2. The summed E-state index contributed by atoms with van der Waals surface area (Å²) in [5.74, 6) is -0.0355. The second kappa shape index (κ2) is 6.52. The lowest BCUT2D eigenvalue weighted by Crippen LogP contribution is -2.45. The SMILES string of the molecule is CCN(C(=O)CCN)C1CCN(c2ccccc2)C1=O. The number of benzene rings is 1. The molecule has 1 aliphatic rings. The second-order valence-electron chi connectivity index (χ2n) is 4.85. The molecule has 1 unspecified atom stereocenters. The zero-order valence-electron chi connectivity index (χ0n) is 11.8. The van der Waals surface area contributed by atoms with Gasteiger partial charge in [-0.1, -0.05) is 18.2 Å². The number of nitrogens with two attached hydrogens (primary N) is 1. The van der Waals surface area contributed by atoms with E-state index in [1.165, 1.54) is 0 Å². The summed E-state index contributed by atoms with van der Waals surface area (Å²) in [6, 6.07) is 9.22. The number of anilines is 1. The van der Waals surface area contributed by atoms with Crippen LogP contribution in [0.3, 0.4) is 0 Å². The first-order valence-corrected chi connectivity index (χ1v) is 7.05. The number of nitrogens with zero attached hydrogens (tertiary/aromatic N) is 2. The smallest absolute Gasteiger partial charge is 0.249 e. The molecule has 0 aliphatic carbocycles. The van der Waals surface area contributed by atoms with Crippen LogP contribution in [0.4, 0.5) is 5.69 Å². The molecule has 0 bridgehead atoms. The summed E-state index contributed by atoms with van der Waals surface area (Å²) in [6.07, 6.45) is 0.973. The molecule has 0 aromatic heterocycles. The van der Waals surface area contributed by atoms with E-state index in [9.17, 15) is 9.59 Å². The highest BCUT2D eigenvalue weighted by Gasteiger charge is 2.37. The predicted molar refractivity (Wildman–Crippen MR) is 78.3 cm³/mol. The standard InChI is InChI=1S/C15H21N3O2/c1-2-17(14(19)8-10-16)13-9-11-18(15(13)20)12-6-4-3-5-7-12/h3-7,13H,2,8-11,16H2,1H3. The average Bonchev–Trinajstić information content (AvgIpc) is 2.83. The minimum atomic E-state index is -0.348. The van der Waals surface area contributed by atoms with Crippen molar-refractivity contribution in [2.75, 3.05) is 24.5 Å². The van der Waals surface area contributed by atoms with Gasteiger partial charge in [-0.15, -0.1) is 0 Å². The Bertz CT molecular complexity index is 475. The lowest BCUT2D eigenvalue weighted by Gasteiger charge is -2.26. The molecule has 1 saturated heterocycles. The van der Waals surface area contributed by atoms with Crippen LogP contribution in [0.5, 0.6) is 0 Å². The molecule has 108 valence electrons. The maximum Gasteiger partial charge on any atom is 0.249 e. The predicted octanol–water partition coefficient (Wildman–Crippen LogP) is 0.989. The summed E-state index contributed by atoms with van der Waals surface area (Å²) in [5.41, 5.74) is 6.32. The fourth-order valence-electron chi connectivity index (χ4n) is 2.66. The van der Waals surface area contributed by atoms with Gasteiger partial charge in [0.25, 0.3) is 0 Å². The molecular formula is C15H21N3O2. The first-order valence-electron chi connectivity index (χ1n) is 7.05. The van der Waals surface area contributed by atoms with E-state index in [0.29, 0.717) is 32.5 Å². The molecule has 1 aliphatic heterocycles. The quantitative estimate of drug-likeness (QED) is 0.871. The zero-order valence-corrected chi connectivity index (χ0v) is 11.8. The highest BCUT2D eigenvalue weighted by atomic mass is 16.2. The molecule has 0 saturated carbocycles. The monoisotopic (exact) mass is 275 g/mol. The van der Waals surface area contributed by atoms with Crippen LogP contribution in [0.15, 0.2) is 30.3 Å². The van der Waals surface area contributed by atoms with Crippen molar-refractivity contribution in [2.24, 2.45) is 5.73 Å². The highest BCUT2D eigenvalue weighted by molar-refractivity contribution is 6.01. The molecule has 1 atom stereocenters. The zero-order chi connectivity index (χ0) is 14.5. The molecule has 0 radical (unpaired) electrons. The van der Waals surface area contributed by atoms with Gasteiger partial charge in [-0.05, 0) is 25.5 Å². The minimum absolute atomic E-state index is 0.00317. The normalized spacial score (nSPS) is 18.4. The number of carbonyl (C=O) groups is 2. The summed E-state index contributed by atoms with van der Waals surface area (Å²) in [4.78, 5) is 27.9. The van der Waals surface area contributed by atoms with E-state index in [0.717, 1.165) is 5.69 Å². The topological polar surface area (TPSA) is 66.6 Å².